The van der Waals surface area contributed by atoms with E-state index < -0.39 is 56.9 Å². The Morgan fingerprint density at radius 2 is 0.981 bits per heavy atom. The number of esters is 2. The lowest BCUT2D eigenvalue weighted by Crippen LogP contribution is -2.45. The monoisotopic (exact) mass is 778 g/mol. The third kappa shape index (κ3) is 21.4. The van der Waals surface area contributed by atoms with Crippen LogP contribution in [0.3, 0.4) is 0 Å². The molecule has 0 aliphatic heterocycles. The molecule has 2 aromatic carbocycles. The molecule has 54 heavy (non-hydrogen) atoms. The number of hydrogen-bond acceptors (Lipinski definition) is 12. The lowest BCUT2D eigenvalue weighted by molar-refractivity contribution is -0.145. The van der Waals surface area contributed by atoms with Crippen LogP contribution in [0.25, 0.3) is 0 Å². The van der Waals surface area contributed by atoms with Gasteiger partial charge in [-0.2, -0.15) is 0 Å². The van der Waals surface area contributed by atoms with Gasteiger partial charge in [0.2, 0.25) is 0 Å². The van der Waals surface area contributed by atoms with Crippen molar-refractivity contribution in [3.8, 4) is 0 Å². The molecule has 0 aliphatic carbocycles. The Morgan fingerprint density at radius 1 is 0.611 bits per heavy atom. The summed E-state index contributed by atoms with van der Waals surface area (Å²) in [7, 11) is -2.34. The fourth-order valence-electron chi connectivity index (χ4n) is 5.57. The zero-order valence-corrected chi connectivity index (χ0v) is 34.4. The second kappa shape index (κ2) is 25.4. The lowest BCUT2D eigenvalue weighted by Gasteiger charge is -2.40. The van der Waals surface area contributed by atoms with Crippen molar-refractivity contribution in [3.63, 3.8) is 0 Å². The highest BCUT2D eigenvalue weighted by atomic mass is 28.4. The van der Waals surface area contributed by atoms with Crippen molar-refractivity contribution in [2.24, 2.45) is 0 Å². The van der Waals surface area contributed by atoms with Gasteiger partial charge in [0.05, 0.1) is 56.9 Å². The summed E-state index contributed by atoms with van der Waals surface area (Å²) in [5, 5.41) is 33.6. The van der Waals surface area contributed by atoms with Crippen molar-refractivity contribution in [3.05, 3.63) is 71.8 Å². The fourth-order valence-corrected chi connectivity index (χ4v) is 6.94. The van der Waals surface area contributed by atoms with Gasteiger partial charge in [-0.15, -0.1) is 0 Å². The van der Waals surface area contributed by atoms with E-state index in [1.807, 2.05) is 60.7 Å². The molecule has 306 valence electrons. The van der Waals surface area contributed by atoms with E-state index in [1.165, 1.54) is 13.8 Å². The second-order valence-corrected chi connectivity index (χ2v) is 20.1. The van der Waals surface area contributed by atoms with Crippen molar-refractivity contribution < 1.29 is 57.8 Å². The van der Waals surface area contributed by atoms with Crippen LogP contribution in [-0.4, -0.2) is 99.0 Å². The van der Waals surface area contributed by atoms with E-state index in [2.05, 4.69) is 33.9 Å². The fraction of sp³-hybridized carbons (Fsp3) is 0.659. The molecule has 12 nitrogen and oxygen atoms in total. The van der Waals surface area contributed by atoms with Crippen LogP contribution in [0, 0.1) is 0 Å². The first-order valence-corrected chi connectivity index (χ1v) is 21.9. The number of carbonyl (C=O) groups excluding carboxylic acids is 2. The average molecular weight is 779 g/mol. The Bertz CT molecular complexity index is 1290. The van der Waals surface area contributed by atoms with E-state index in [4.69, 9.17) is 32.8 Å². The van der Waals surface area contributed by atoms with Gasteiger partial charge in [0.15, 0.2) is 8.32 Å². The Balaban J connectivity index is 2.02. The average Bonchev–Trinajstić information content (AvgIpc) is 3.08. The zero-order valence-electron chi connectivity index (χ0n) is 33.4. The molecule has 0 fully saturated rings. The normalized spacial score (nSPS) is 15.5. The maximum Gasteiger partial charge on any atom is 0.302 e. The van der Waals surface area contributed by atoms with E-state index in [1.54, 1.807) is 0 Å². The maximum atomic E-state index is 11.4. The molecular weight excluding hydrogens is 713 g/mol. The van der Waals surface area contributed by atoms with Crippen molar-refractivity contribution in [1.29, 1.82) is 0 Å². The first kappa shape index (κ1) is 47.4. The molecule has 6 atom stereocenters. The minimum Gasteiger partial charge on any atom is -0.466 e. The number of aliphatic hydroxyl groups is 3. The highest BCUT2D eigenvalue weighted by Crippen LogP contribution is 2.38. The Kier molecular flexibility index (Phi) is 22.3. The molecule has 2 rings (SSSR count). The molecule has 0 saturated heterocycles. The van der Waals surface area contributed by atoms with Gasteiger partial charge in [0.25, 0.3) is 0 Å². The number of carbonyl (C=O) groups is 2. The molecule has 0 aromatic heterocycles. The van der Waals surface area contributed by atoms with Gasteiger partial charge in [-0.3, -0.25) is 9.59 Å². The summed E-state index contributed by atoms with van der Waals surface area (Å²) in [6.07, 6.45) is -2.55. The molecule has 0 aliphatic rings. The lowest BCUT2D eigenvalue weighted by atomic mass is 9.96. The summed E-state index contributed by atoms with van der Waals surface area (Å²) >= 11 is 0. The minimum absolute atomic E-state index is 0.00239. The van der Waals surface area contributed by atoms with E-state index >= 15 is 0 Å². The van der Waals surface area contributed by atoms with Crippen LogP contribution in [-0.2, 0) is 55.7 Å². The van der Waals surface area contributed by atoms with Crippen LogP contribution < -0.4 is 0 Å². The van der Waals surface area contributed by atoms with Crippen molar-refractivity contribution >= 4 is 20.3 Å². The standard InChI is InChI=1S/C41H66O12Si/c1-31(42)49-20-18-38(51-29-47-27-33-14-10-8-11-15-33)23-35(44)22-36(45)25-40(53-54(6,7)41(3,4)5)26-37(46)24-39(19-21-50-32(2)43)52-30-48-28-34-16-12-9-13-17-34/h8-17,35-40,44-46H,18-30H2,1-7H3/t35-,36+,37+,38-,39-,40+/m1/s1. The van der Waals surface area contributed by atoms with Crippen LogP contribution in [0.15, 0.2) is 60.7 Å². The predicted molar refractivity (Wildman–Crippen MR) is 208 cm³/mol. The van der Waals surface area contributed by atoms with Crippen LogP contribution >= 0.6 is 0 Å². The molecule has 0 spiro atoms. The van der Waals surface area contributed by atoms with E-state index in [0.29, 0.717) is 26.1 Å². The molecule has 0 amide bonds. The molecule has 0 heterocycles. The molecule has 0 radical (unpaired) electrons. The summed E-state index contributed by atoms with van der Waals surface area (Å²) in [5.41, 5.74) is 2.00. The summed E-state index contributed by atoms with van der Waals surface area (Å²) in [6.45, 7) is 14.3. The smallest absolute Gasteiger partial charge is 0.302 e. The molecule has 3 N–H and O–H groups in total. The Labute approximate surface area is 323 Å². The SMILES string of the molecule is CC(=O)OCC[C@H](C[C@H](O)C[C@H](O)C[C@@H](C[C@@H](O)C[C@@H](CCOC(C)=O)OCOCc1ccccc1)O[Si](C)(C)C(C)(C)C)OCOCc1ccccc1. The number of ether oxygens (including phenoxy) is 6. The predicted octanol–water partition coefficient (Wildman–Crippen LogP) is 6.44. The summed E-state index contributed by atoms with van der Waals surface area (Å²) in [6, 6.07) is 19.4. The topological polar surface area (TPSA) is 159 Å². The highest BCUT2D eigenvalue weighted by Gasteiger charge is 2.40. The molecule has 13 heteroatoms. The molecule has 0 bridgehead atoms. The summed E-state index contributed by atoms with van der Waals surface area (Å²) in [4.78, 5) is 22.8. The van der Waals surface area contributed by atoms with Gasteiger partial charge in [0.1, 0.15) is 13.6 Å². The van der Waals surface area contributed by atoms with Gasteiger partial charge < -0.3 is 48.2 Å². The first-order valence-electron chi connectivity index (χ1n) is 19.0. The number of rotatable bonds is 28. The summed E-state index contributed by atoms with van der Waals surface area (Å²) < 4.78 is 40.3. The third-order valence-corrected chi connectivity index (χ3v) is 14.0. The van der Waals surface area contributed by atoms with Crippen LogP contribution in [0.1, 0.15) is 90.7 Å². The largest absolute Gasteiger partial charge is 0.466 e. The number of aliphatic hydroxyl groups excluding tert-OH is 3. The van der Waals surface area contributed by atoms with Gasteiger partial charge in [0, 0.05) is 32.8 Å². The van der Waals surface area contributed by atoms with E-state index in [-0.39, 0.29) is 63.9 Å². The van der Waals surface area contributed by atoms with Crippen LogP contribution in [0.5, 0.6) is 0 Å². The second-order valence-electron chi connectivity index (χ2n) is 15.4. The molecule has 0 saturated carbocycles. The molecular formula is C41H66O12Si. The maximum absolute atomic E-state index is 11.4. The van der Waals surface area contributed by atoms with Crippen molar-refractivity contribution in [2.75, 3.05) is 26.8 Å². The summed E-state index contributed by atoms with van der Waals surface area (Å²) in [5.74, 6) is -0.800. The van der Waals surface area contributed by atoms with Gasteiger partial charge >= 0.3 is 11.9 Å². The minimum atomic E-state index is -2.34. The highest BCUT2D eigenvalue weighted by molar-refractivity contribution is 6.74. The van der Waals surface area contributed by atoms with Crippen LogP contribution in [0.2, 0.25) is 18.1 Å². The van der Waals surface area contributed by atoms with E-state index in [0.717, 1.165) is 11.1 Å². The Hall–Kier alpha value is -2.72. The number of hydrogen-bond donors (Lipinski definition) is 3. The van der Waals surface area contributed by atoms with E-state index in [9.17, 15) is 24.9 Å². The van der Waals surface area contributed by atoms with Gasteiger partial charge in [-0.25, -0.2) is 0 Å². The van der Waals surface area contributed by atoms with Crippen molar-refractivity contribution in [2.45, 2.75) is 148 Å². The van der Waals surface area contributed by atoms with Gasteiger partial charge in [-0.05, 0) is 61.4 Å². The van der Waals surface area contributed by atoms with Crippen molar-refractivity contribution in [1.82, 2.24) is 0 Å². The Morgan fingerprint density at radius 3 is 1.35 bits per heavy atom. The van der Waals surface area contributed by atoms with Crippen LogP contribution in [0.4, 0.5) is 0 Å². The first-order chi connectivity index (χ1) is 25.5. The molecule has 0 unspecified atom stereocenters. The zero-order chi connectivity index (χ0) is 40.0. The quantitative estimate of drug-likeness (QED) is 0.0377. The third-order valence-electron chi connectivity index (χ3n) is 9.44. The van der Waals surface area contributed by atoms with Gasteiger partial charge in [-0.1, -0.05) is 81.4 Å². The molecule has 2 aromatic rings. The number of benzene rings is 2.